The Labute approximate surface area is 215 Å². The maximum absolute atomic E-state index is 13.2. The first-order valence-electron chi connectivity index (χ1n) is 11.5. The topological polar surface area (TPSA) is 205 Å². The molecule has 1 aliphatic heterocycles. The van der Waals surface area contributed by atoms with E-state index in [1.54, 1.807) is 24.3 Å². The second kappa shape index (κ2) is 12.1. The van der Waals surface area contributed by atoms with Crippen molar-refractivity contribution >= 4 is 52.2 Å². The van der Waals surface area contributed by atoms with E-state index in [1.165, 1.54) is 11.0 Å². The fraction of sp³-hybridized carbons (Fsp3) is 0.333. The summed E-state index contributed by atoms with van der Waals surface area (Å²) in [5.74, 6) is -6.03. The van der Waals surface area contributed by atoms with Gasteiger partial charge in [-0.3, -0.25) is 43.5 Å². The normalized spacial score (nSPS) is 12.8. The van der Waals surface area contributed by atoms with Gasteiger partial charge in [-0.2, -0.15) is 0 Å². The minimum Gasteiger partial charge on any atom is -0.480 e. The van der Waals surface area contributed by atoms with Crippen LogP contribution in [0.2, 0.25) is 0 Å². The summed E-state index contributed by atoms with van der Waals surface area (Å²) in [5, 5.41) is 40.1. The first kappa shape index (κ1) is 28.0. The van der Waals surface area contributed by atoms with Gasteiger partial charge in [0.15, 0.2) is 0 Å². The SMILES string of the molecule is O=C(O)CN(CCNc1ccc2c3c(cccc13)C(=O)N(CCN(CC(=O)O)CC(=O)O)C2=O)CC(=O)O. The van der Waals surface area contributed by atoms with Crippen molar-refractivity contribution in [2.24, 2.45) is 0 Å². The molecule has 0 aliphatic carbocycles. The van der Waals surface area contributed by atoms with Crippen molar-refractivity contribution in [3.63, 3.8) is 0 Å². The Morgan fingerprint density at radius 2 is 1.21 bits per heavy atom. The number of nitrogens with one attached hydrogen (secondary N) is 1. The molecule has 3 rings (SSSR count). The summed E-state index contributed by atoms with van der Waals surface area (Å²) >= 11 is 0. The summed E-state index contributed by atoms with van der Waals surface area (Å²) in [6, 6.07) is 8.02. The van der Waals surface area contributed by atoms with E-state index in [0.29, 0.717) is 16.5 Å². The number of rotatable bonds is 15. The molecule has 0 unspecified atom stereocenters. The zero-order valence-corrected chi connectivity index (χ0v) is 20.1. The van der Waals surface area contributed by atoms with Crippen molar-refractivity contribution in [1.29, 1.82) is 0 Å². The standard InChI is InChI=1S/C24H26N4O10/c29-18(30)10-26(11-19(31)32)7-6-25-17-5-4-16-22-14(17)2-1-3-15(22)23(37)28(24(16)38)9-8-27(12-20(33)34)13-21(35)36/h1-5,25H,6-13H2,(H,29,30)(H,31,32)(H,33,34)(H,35,36). The molecule has 0 radical (unpaired) electrons. The average molecular weight is 530 g/mol. The van der Waals surface area contributed by atoms with Crippen molar-refractivity contribution < 1.29 is 49.2 Å². The largest absolute Gasteiger partial charge is 0.480 e. The highest BCUT2D eigenvalue weighted by Crippen LogP contribution is 2.34. The van der Waals surface area contributed by atoms with E-state index in [9.17, 15) is 28.8 Å². The smallest absolute Gasteiger partial charge is 0.317 e. The highest BCUT2D eigenvalue weighted by Gasteiger charge is 2.33. The van der Waals surface area contributed by atoms with Crippen LogP contribution in [0.1, 0.15) is 20.7 Å². The molecular weight excluding hydrogens is 504 g/mol. The van der Waals surface area contributed by atoms with Crippen LogP contribution in [-0.2, 0) is 19.2 Å². The van der Waals surface area contributed by atoms with Crippen LogP contribution in [0.15, 0.2) is 30.3 Å². The van der Waals surface area contributed by atoms with E-state index < -0.39 is 61.9 Å². The van der Waals surface area contributed by atoms with Gasteiger partial charge in [0.25, 0.3) is 11.8 Å². The molecule has 0 bridgehead atoms. The van der Waals surface area contributed by atoms with Gasteiger partial charge in [-0.1, -0.05) is 12.1 Å². The number of aliphatic carboxylic acids is 4. The Hall–Kier alpha value is -4.56. The van der Waals surface area contributed by atoms with Crippen LogP contribution in [0.25, 0.3) is 10.8 Å². The van der Waals surface area contributed by atoms with Gasteiger partial charge in [-0.25, -0.2) is 0 Å². The quantitative estimate of drug-likeness (QED) is 0.189. The predicted molar refractivity (Wildman–Crippen MR) is 131 cm³/mol. The molecule has 0 fully saturated rings. The summed E-state index contributed by atoms with van der Waals surface area (Å²) in [4.78, 5) is 73.8. The monoisotopic (exact) mass is 530 g/mol. The second-order valence-corrected chi connectivity index (χ2v) is 8.57. The van der Waals surface area contributed by atoms with Crippen molar-refractivity contribution in [3.8, 4) is 0 Å². The van der Waals surface area contributed by atoms with E-state index in [1.807, 2.05) is 0 Å². The Morgan fingerprint density at radius 3 is 1.74 bits per heavy atom. The van der Waals surface area contributed by atoms with Gasteiger partial charge in [0.2, 0.25) is 0 Å². The van der Waals surface area contributed by atoms with Crippen molar-refractivity contribution in [1.82, 2.24) is 14.7 Å². The number of carbonyl (C=O) groups excluding carboxylic acids is 2. The molecule has 14 nitrogen and oxygen atoms in total. The van der Waals surface area contributed by atoms with Crippen LogP contribution in [0.4, 0.5) is 5.69 Å². The first-order valence-corrected chi connectivity index (χ1v) is 11.5. The van der Waals surface area contributed by atoms with Crippen molar-refractivity contribution in [3.05, 3.63) is 41.5 Å². The summed E-state index contributed by atoms with van der Waals surface area (Å²) in [5.41, 5.74) is 1.03. The third-order valence-electron chi connectivity index (χ3n) is 5.81. The molecule has 0 aromatic heterocycles. The van der Waals surface area contributed by atoms with Gasteiger partial charge < -0.3 is 25.7 Å². The highest BCUT2D eigenvalue weighted by molar-refractivity contribution is 6.26. The lowest BCUT2D eigenvalue weighted by atomic mass is 9.93. The Balaban J connectivity index is 1.80. The molecule has 38 heavy (non-hydrogen) atoms. The lowest BCUT2D eigenvalue weighted by Gasteiger charge is -2.29. The first-order chi connectivity index (χ1) is 18.0. The zero-order chi connectivity index (χ0) is 28.0. The molecule has 202 valence electrons. The number of carboxylic acids is 4. The van der Waals surface area contributed by atoms with Crippen LogP contribution in [0, 0.1) is 0 Å². The summed E-state index contributed by atoms with van der Waals surface area (Å²) in [7, 11) is 0. The van der Waals surface area contributed by atoms with Crippen LogP contribution in [0.3, 0.4) is 0 Å². The number of hydrogen-bond acceptors (Lipinski definition) is 9. The molecule has 1 heterocycles. The fourth-order valence-electron chi connectivity index (χ4n) is 4.29. The number of benzene rings is 2. The van der Waals surface area contributed by atoms with Crippen LogP contribution in [-0.4, -0.2) is 123 Å². The molecule has 2 amide bonds. The van der Waals surface area contributed by atoms with Gasteiger partial charge in [0.05, 0.1) is 26.2 Å². The van der Waals surface area contributed by atoms with E-state index >= 15 is 0 Å². The molecule has 2 aromatic carbocycles. The van der Waals surface area contributed by atoms with Gasteiger partial charge in [-0.15, -0.1) is 0 Å². The summed E-state index contributed by atoms with van der Waals surface area (Å²) in [6.07, 6.45) is 0. The Morgan fingerprint density at radius 1 is 0.711 bits per heavy atom. The number of hydrogen-bond donors (Lipinski definition) is 5. The highest BCUT2D eigenvalue weighted by atomic mass is 16.4. The van der Waals surface area contributed by atoms with Crippen molar-refractivity contribution in [2.45, 2.75) is 0 Å². The van der Waals surface area contributed by atoms with Gasteiger partial charge in [-0.05, 0) is 18.2 Å². The van der Waals surface area contributed by atoms with Gasteiger partial charge in [0, 0.05) is 53.8 Å². The third-order valence-corrected chi connectivity index (χ3v) is 5.81. The lowest BCUT2D eigenvalue weighted by molar-refractivity contribution is -0.143. The number of carboxylic acid groups (broad SMARTS) is 4. The Kier molecular flexibility index (Phi) is 8.94. The maximum atomic E-state index is 13.2. The average Bonchev–Trinajstić information content (AvgIpc) is 2.81. The molecule has 0 atom stereocenters. The van der Waals surface area contributed by atoms with E-state index in [2.05, 4.69) is 5.32 Å². The molecule has 14 heteroatoms. The summed E-state index contributed by atoms with van der Waals surface area (Å²) < 4.78 is 0. The number of carbonyl (C=O) groups is 6. The number of anilines is 1. The van der Waals surface area contributed by atoms with Gasteiger partial charge >= 0.3 is 23.9 Å². The second-order valence-electron chi connectivity index (χ2n) is 8.57. The Bertz CT molecular complexity index is 1240. The number of nitrogens with zero attached hydrogens (tertiary/aromatic N) is 3. The molecule has 2 aromatic rings. The zero-order valence-electron chi connectivity index (χ0n) is 20.1. The van der Waals surface area contributed by atoms with E-state index in [0.717, 1.165) is 9.80 Å². The molecule has 1 aliphatic rings. The fourth-order valence-corrected chi connectivity index (χ4v) is 4.29. The van der Waals surface area contributed by atoms with Crippen LogP contribution in [0.5, 0.6) is 0 Å². The number of imide groups is 1. The minimum absolute atomic E-state index is 0.108. The summed E-state index contributed by atoms with van der Waals surface area (Å²) in [6.45, 7) is -2.10. The third kappa shape index (κ3) is 6.80. The van der Waals surface area contributed by atoms with Crippen LogP contribution < -0.4 is 5.32 Å². The van der Waals surface area contributed by atoms with Gasteiger partial charge in [0.1, 0.15) is 0 Å². The maximum Gasteiger partial charge on any atom is 0.317 e. The predicted octanol–water partition coefficient (Wildman–Crippen LogP) is -0.210. The molecular formula is C24H26N4O10. The van der Waals surface area contributed by atoms with Crippen molar-refractivity contribution in [2.75, 3.05) is 57.7 Å². The molecule has 0 saturated carbocycles. The molecule has 5 N–H and O–H groups in total. The molecule has 0 saturated heterocycles. The van der Waals surface area contributed by atoms with E-state index in [-0.39, 0.29) is 37.3 Å². The lowest BCUT2D eigenvalue weighted by Crippen LogP contribution is -2.46. The van der Waals surface area contributed by atoms with Crippen LogP contribution >= 0.6 is 0 Å². The van der Waals surface area contributed by atoms with E-state index in [4.69, 9.17) is 20.4 Å². The molecule has 0 spiro atoms. The minimum atomic E-state index is -1.24. The number of amides is 2.